The van der Waals surface area contributed by atoms with E-state index < -0.39 is 61.2 Å². The van der Waals surface area contributed by atoms with Crippen LogP contribution >= 0.6 is 46.4 Å². The van der Waals surface area contributed by atoms with Gasteiger partial charge in [-0.1, -0.05) is 94.9 Å². The predicted octanol–water partition coefficient (Wildman–Crippen LogP) is 14.5. The van der Waals surface area contributed by atoms with Crippen LogP contribution in [0.25, 0.3) is 45.0 Å². The number of sulfone groups is 4. The summed E-state index contributed by atoms with van der Waals surface area (Å²) in [5.74, 6) is -0.973. The van der Waals surface area contributed by atoms with Crippen LogP contribution < -0.4 is 45.5 Å². The van der Waals surface area contributed by atoms with E-state index in [4.69, 9.17) is 65.4 Å². The normalized spacial score (nSPS) is 13.8. The second-order valence-electron chi connectivity index (χ2n) is 34.5. The van der Waals surface area contributed by atoms with Crippen molar-refractivity contribution >= 4 is 154 Å². The number of anilines is 4. The Balaban J connectivity index is 0.000000174. The average molecular weight is 2170 g/mol. The van der Waals surface area contributed by atoms with E-state index in [1.54, 1.807) is 184 Å². The Bertz CT molecular complexity index is 7300. The molecule has 7 heterocycles. The average Bonchev–Trinajstić information content (AvgIpc) is 0.816. The summed E-state index contributed by atoms with van der Waals surface area (Å²) in [6, 6.07) is 61.3. The number of carbonyl (C=O) groups is 6. The lowest BCUT2D eigenvalue weighted by Gasteiger charge is -2.34. The molecule has 12 aromatic rings. The standard InChI is InChI=1S/C28H31ClN4O5S.C27H31ClN4O6S2.C26H27ClN4O5S.C22H21ClN2O4S/c1-20(34)33-13-11-32(12-14-33)15-16-38-27-17-21(6-7-22(27)19-39(2,36)37)28(35)31-23-8-9-25(29)24(18-23)26-5-3-4-10-30-26;1-39(34,35)19-21-7-6-20(17-26(21)38-16-15-31-11-13-32(14-12-31)40(2,36)37)27(33)30-22-8-9-24(28)23(18-22)25-5-3-4-10-29-25;1-37(34,35)17-19-6-5-18(14-24(19)36-13-12-31-11-10-29-25(32)16-31)26(33)30-20-7-8-22(27)21(15-20)23-4-2-3-9-28-23;1-3-29-21-12-15(7-8-16(21)14-30(2,27)28)22(26)25-17-9-10-19(23)18(13-17)20-6-4-5-11-24-20/h3-10,17-18H,11-16,19H2,1-2H3,(H,31,35);3-10,17-18H,11-16,19H2,1-2H3,(H,30,33);2-9,14-15H,10-13,16-17H2,1H3,(H,29,32)(H,30,33);4-13H,3,14H2,1-2H3,(H,25,26). The molecule has 34 nitrogen and oxygen atoms in total. The number of hydrogen-bond acceptors (Lipinski definition) is 27. The second kappa shape index (κ2) is 51.9. The highest BCUT2D eigenvalue weighted by atomic mass is 35.5. The summed E-state index contributed by atoms with van der Waals surface area (Å²) in [7, 11) is -16.5. The summed E-state index contributed by atoms with van der Waals surface area (Å²) in [5, 5.41) is 16.2. The summed E-state index contributed by atoms with van der Waals surface area (Å²) < 4.78 is 144. The highest BCUT2D eigenvalue weighted by molar-refractivity contribution is 7.90. The minimum atomic E-state index is -3.35. The summed E-state index contributed by atoms with van der Waals surface area (Å²) >= 11 is 25.4. The van der Waals surface area contributed by atoms with E-state index in [0.717, 1.165) is 38.1 Å². The van der Waals surface area contributed by atoms with Crippen LogP contribution in [0.15, 0.2) is 243 Å². The van der Waals surface area contributed by atoms with E-state index in [2.05, 4.69) is 56.3 Å². The Hall–Kier alpha value is -12.9. The first-order chi connectivity index (χ1) is 69.4. The van der Waals surface area contributed by atoms with Crippen LogP contribution in [0.3, 0.4) is 0 Å². The van der Waals surface area contributed by atoms with Crippen molar-refractivity contribution in [3.8, 4) is 68.0 Å². The van der Waals surface area contributed by atoms with Gasteiger partial charge in [-0.3, -0.25) is 63.4 Å². The van der Waals surface area contributed by atoms with Crippen LogP contribution in [0.2, 0.25) is 20.1 Å². The molecule has 0 bridgehead atoms. The lowest BCUT2D eigenvalue weighted by molar-refractivity contribution is -0.130. The van der Waals surface area contributed by atoms with E-state index in [1.165, 1.54) is 22.7 Å². The van der Waals surface area contributed by atoms with Gasteiger partial charge in [-0.05, 0) is 177 Å². The number of amides is 6. The van der Waals surface area contributed by atoms with Crippen molar-refractivity contribution in [3.05, 3.63) is 308 Å². The Morgan fingerprint density at radius 1 is 0.349 bits per heavy atom. The van der Waals surface area contributed by atoms with Crippen LogP contribution in [-0.4, -0.2) is 271 Å². The number of hydrogen-bond donors (Lipinski definition) is 5. The van der Waals surface area contributed by atoms with E-state index >= 15 is 0 Å². The molecule has 3 aliphatic rings. The molecule has 15 rings (SSSR count). The van der Waals surface area contributed by atoms with Gasteiger partial charge in [-0.2, -0.15) is 4.31 Å². The fourth-order valence-electron chi connectivity index (χ4n) is 15.5. The number of aromatic nitrogens is 4. The topological polar surface area (TPSA) is 438 Å². The highest BCUT2D eigenvalue weighted by Crippen LogP contribution is 2.37. The summed E-state index contributed by atoms with van der Waals surface area (Å²) in [6.07, 6.45) is 12.5. The molecule has 0 saturated carbocycles. The maximum atomic E-state index is 13.1. The van der Waals surface area contributed by atoms with Gasteiger partial charge in [0, 0.05) is 231 Å². The molecule has 3 saturated heterocycles. The van der Waals surface area contributed by atoms with Crippen molar-refractivity contribution in [2.45, 2.75) is 36.9 Å². The predicted molar refractivity (Wildman–Crippen MR) is 569 cm³/mol. The van der Waals surface area contributed by atoms with Crippen LogP contribution in [-0.2, 0) is 82.0 Å². The molecule has 5 N–H and O–H groups in total. The molecule has 0 spiro atoms. The van der Waals surface area contributed by atoms with Gasteiger partial charge in [0.2, 0.25) is 21.8 Å². The van der Waals surface area contributed by atoms with E-state index in [-0.39, 0.29) is 66.4 Å². The van der Waals surface area contributed by atoms with Crippen molar-refractivity contribution in [1.29, 1.82) is 0 Å². The van der Waals surface area contributed by atoms with Gasteiger partial charge in [-0.25, -0.2) is 42.1 Å². The van der Waals surface area contributed by atoms with Gasteiger partial charge in [0.25, 0.3) is 23.6 Å². The zero-order valence-electron chi connectivity index (χ0n) is 80.9. The smallest absolute Gasteiger partial charge is 0.255 e. The fraction of sp³-hybridized carbons (Fsp3) is 0.282. The molecule has 8 aromatic carbocycles. The van der Waals surface area contributed by atoms with E-state index in [1.807, 2.05) is 70.5 Å². The minimum absolute atomic E-state index is 0.0453. The number of ether oxygens (including phenoxy) is 4. The van der Waals surface area contributed by atoms with Crippen molar-refractivity contribution in [1.82, 2.24) is 49.2 Å². The number of carbonyl (C=O) groups excluding carboxylic acids is 6. The molecule has 3 aliphatic heterocycles. The third kappa shape index (κ3) is 34.9. The van der Waals surface area contributed by atoms with Crippen LogP contribution in [0.5, 0.6) is 23.0 Å². The Morgan fingerprint density at radius 3 is 0.884 bits per heavy atom. The molecule has 0 atom stereocenters. The SMILES string of the molecule is CC(=O)N1CCN(CCOc2cc(C(=O)Nc3ccc(Cl)c(-c4ccccn4)c3)ccc2CS(C)(=O)=O)CC1.CCOc1cc(C(=O)Nc2ccc(Cl)c(-c3ccccn3)c2)ccc1CS(C)(=O)=O.CS(=O)(=O)Cc1ccc(C(=O)Nc2ccc(Cl)c(-c3ccccn3)c2)cc1OCCN1CCN(S(C)(=O)=O)CC1.CS(=O)(=O)Cc1ccc(C(=O)Nc2ccc(Cl)c(-c3ccccn3)c2)cc1OCCN1CCNC(=O)C1. The fourth-order valence-corrected chi connectivity index (χ4v) is 20.4. The second-order valence-corrected chi connectivity index (χ2v) is 46.7. The van der Waals surface area contributed by atoms with Gasteiger partial charge in [0.15, 0.2) is 39.3 Å². The molecular formula is C103H110Cl4N14O20S5. The van der Waals surface area contributed by atoms with Crippen molar-refractivity contribution in [2.24, 2.45) is 0 Å². The van der Waals surface area contributed by atoms with Crippen molar-refractivity contribution < 1.29 is 89.8 Å². The van der Waals surface area contributed by atoms with Crippen LogP contribution in [0, 0.1) is 0 Å². The lowest BCUT2D eigenvalue weighted by atomic mass is 10.1. The molecule has 770 valence electrons. The molecular weight excluding hydrogens is 2060 g/mol. The monoisotopic (exact) mass is 2160 g/mol. The molecule has 43 heteroatoms. The van der Waals surface area contributed by atoms with Crippen molar-refractivity contribution in [3.63, 3.8) is 0 Å². The molecule has 3 fully saturated rings. The number of rotatable bonds is 35. The molecule has 4 aromatic heterocycles. The third-order valence-electron chi connectivity index (χ3n) is 22.7. The molecule has 146 heavy (non-hydrogen) atoms. The third-order valence-corrected chi connectivity index (χ3v) is 28.6. The first-order valence-corrected chi connectivity index (χ1v) is 57.5. The van der Waals surface area contributed by atoms with E-state index in [9.17, 15) is 70.9 Å². The lowest BCUT2D eigenvalue weighted by Crippen LogP contribution is -2.49. The summed E-state index contributed by atoms with van der Waals surface area (Å²) in [6.45, 7) is 12.4. The minimum Gasteiger partial charge on any atom is -0.494 e. The number of benzene rings is 8. The largest absolute Gasteiger partial charge is 0.494 e. The zero-order chi connectivity index (χ0) is 105. The Kier molecular flexibility index (Phi) is 39.8. The Morgan fingerprint density at radius 2 is 0.630 bits per heavy atom. The number of halogens is 4. The zero-order valence-corrected chi connectivity index (χ0v) is 88.0. The number of nitrogens with zero attached hydrogens (tertiary/aromatic N) is 9. The molecule has 6 amide bonds. The van der Waals surface area contributed by atoms with Gasteiger partial charge in [0.1, 0.15) is 42.8 Å². The number of piperazine rings is 3. The van der Waals surface area contributed by atoms with Gasteiger partial charge in [0.05, 0.1) is 85.3 Å². The first-order valence-electron chi connectivity index (χ1n) is 45.9. The summed E-state index contributed by atoms with van der Waals surface area (Å²) in [4.78, 5) is 101. The van der Waals surface area contributed by atoms with Crippen LogP contribution in [0.4, 0.5) is 22.7 Å². The van der Waals surface area contributed by atoms with Gasteiger partial charge in [-0.15, -0.1) is 0 Å². The van der Waals surface area contributed by atoms with Gasteiger partial charge < -0.3 is 50.4 Å². The first kappa shape index (κ1) is 112. The maximum absolute atomic E-state index is 13.1. The maximum Gasteiger partial charge on any atom is 0.255 e. The Labute approximate surface area is 869 Å². The van der Waals surface area contributed by atoms with Crippen molar-refractivity contribution in [2.75, 3.05) is 171 Å². The van der Waals surface area contributed by atoms with Crippen LogP contribution in [0.1, 0.15) is 77.5 Å². The van der Waals surface area contributed by atoms with Gasteiger partial charge >= 0.3 is 0 Å². The molecule has 0 radical (unpaired) electrons. The number of pyridine rings is 4. The molecule has 0 unspecified atom stereocenters. The quantitative estimate of drug-likeness (QED) is 0.0246. The van der Waals surface area contributed by atoms with E-state index in [0.29, 0.717) is 241 Å². The molecule has 0 aliphatic carbocycles. The highest BCUT2D eigenvalue weighted by Gasteiger charge is 2.28. The number of sulfonamides is 1. The number of nitrogens with one attached hydrogen (secondary N) is 5. The summed E-state index contributed by atoms with van der Waals surface area (Å²) in [5.41, 5.74) is 10.8.